The molecule has 2 aromatic heterocycles. The first-order valence-corrected chi connectivity index (χ1v) is 5.63. The third kappa shape index (κ3) is 3.35. The minimum absolute atomic E-state index is 0.360. The maximum atomic E-state index is 13.0. The van der Waals surface area contributed by atoms with Gasteiger partial charge in [-0.3, -0.25) is 4.98 Å². The Morgan fingerprint density at radius 1 is 1.44 bits per heavy atom. The van der Waals surface area contributed by atoms with Gasteiger partial charge in [0, 0.05) is 32.5 Å². The van der Waals surface area contributed by atoms with Gasteiger partial charge in [0.2, 0.25) is 0 Å². The number of aromatic nitrogens is 3. The fourth-order valence-electron chi connectivity index (χ4n) is 1.53. The van der Waals surface area contributed by atoms with Crippen molar-refractivity contribution in [3.05, 3.63) is 42.5 Å². The minimum atomic E-state index is -0.360. The van der Waals surface area contributed by atoms with Crippen LogP contribution in [0.4, 0.5) is 4.39 Å². The van der Waals surface area contributed by atoms with Crippen molar-refractivity contribution in [2.24, 2.45) is 0 Å². The number of pyridine rings is 1. The van der Waals surface area contributed by atoms with Crippen LogP contribution in [-0.2, 0) is 11.3 Å². The molecule has 18 heavy (non-hydrogen) atoms. The highest BCUT2D eigenvalue weighted by Crippen LogP contribution is 2.08. The van der Waals surface area contributed by atoms with E-state index in [4.69, 9.17) is 4.74 Å². The monoisotopic (exact) mass is 250 g/mol. The highest BCUT2D eigenvalue weighted by molar-refractivity contribution is 5.28. The van der Waals surface area contributed by atoms with Crippen molar-refractivity contribution in [1.82, 2.24) is 19.9 Å². The summed E-state index contributed by atoms with van der Waals surface area (Å²) in [5, 5.41) is 3.19. The molecule has 0 radical (unpaired) electrons. The number of rotatable bonds is 6. The first-order chi connectivity index (χ1) is 8.79. The van der Waals surface area contributed by atoms with E-state index in [1.165, 1.54) is 12.3 Å². The van der Waals surface area contributed by atoms with Crippen molar-refractivity contribution in [1.29, 1.82) is 0 Å². The molecule has 0 unspecified atom stereocenters. The number of ether oxygens (including phenoxy) is 1. The Kier molecular flexibility index (Phi) is 4.38. The number of hydrogen-bond donors (Lipinski definition) is 1. The van der Waals surface area contributed by atoms with Gasteiger partial charge in [0.05, 0.1) is 36.7 Å². The second-order valence-electron chi connectivity index (χ2n) is 3.80. The molecule has 2 heterocycles. The fraction of sp³-hybridized carbons (Fsp3) is 0.333. The van der Waals surface area contributed by atoms with E-state index < -0.39 is 0 Å². The number of nitrogens with zero attached hydrogens (tertiary/aromatic N) is 3. The van der Waals surface area contributed by atoms with E-state index >= 15 is 0 Å². The van der Waals surface area contributed by atoms with Crippen molar-refractivity contribution >= 4 is 0 Å². The SMILES string of the molecule is COCCNCc1cn(-c2cncc(F)c2)cn1. The van der Waals surface area contributed by atoms with E-state index in [9.17, 15) is 4.39 Å². The van der Waals surface area contributed by atoms with Crippen molar-refractivity contribution in [3.63, 3.8) is 0 Å². The summed E-state index contributed by atoms with van der Waals surface area (Å²) in [6.07, 6.45) is 6.25. The van der Waals surface area contributed by atoms with Crippen LogP contribution in [0.2, 0.25) is 0 Å². The molecule has 2 rings (SSSR count). The van der Waals surface area contributed by atoms with Gasteiger partial charge in [-0.25, -0.2) is 9.37 Å². The molecule has 0 bridgehead atoms. The number of nitrogens with one attached hydrogen (secondary N) is 1. The summed E-state index contributed by atoms with van der Waals surface area (Å²) in [4.78, 5) is 8.03. The molecule has 5 nitrogen and oxygen atoms in total. The number of imidazole rings is 1. The molecule has 6 heteroatoms. The largest absolute Gasteiger partial charge is 0.383 e. The molecule has 0 atom stereocenters. The summed E-state index contributed by atoms with van der Waals surface area (Å²) in [6.45, 7) is 2.08. The van der Waals surface area contributed by atoms with Crippen molar-refractivity contribution < 1.29 is 9.13 Å². The lowest BCUT2D eigenvalue weighted by Crippen LogP contribution is -2.18. The van der Waals surface area contributed by atoms with Crippen LogP contribution in [0.15, 0.2) is 31.0 Å². The first-order valence-electron chi connectivity index (χ1n) is 5.63. The summed E-state index contributed by atoms with van der Waals surface area (Å²) < 4.78 is 19.7. The highest BCUT2D eigenvalue weighted by atomic mass is 19.1. The van der Waals surface area contributed by atoms with E-state index in [2.05, 4.69) is 15.3 Å². The Hall–Kier alpha value is -1.79. The average molecular weight is 250 g/mol. The van der Waals surface area contributed by atoms with Crippen LogP contribution in [-0.4, -0.2) is 34.8 Å². The maximum Gasteiger partial charge on any atom is 0.143 e. The van der Waals surface area contributed by atoms with Crippen LogP contribution >= 0.6 is 0 Å². The first kappa shape index (κ1) is 12.7. The van der Waals surface area contributed by atoms with Gasteiger partial charge in [-0.2, -0.15) is 0 Å². The maximum absolute atomic E-state index is 13.0. The Morgan fingerprint density at radius 3 is 3.11 bits per heavy atom. The van der Waals surface area contributed by atoms with Crippen LogP contribution in [0.5, 0.6) is 0 Å². The second-order valence-corrected chi connectivity index (χ2v) is 3.80. The standard InChI is InChI=1S/C12H15FN4O/c1-18-3-2-14-6-11-8-17(9-16-11)12-4-10(13)5-15-7-12/h4-5,7-9,14H,2-3,6H2,1H3. The van der Waals surface area contributed by atoms with Crippen LogP contribution in [0, 0.1) is 5.82 Å². The van der Waals surface area contributed by atoms with Gasteiger partial charge in [-0.05, 0) is 0 Å². The molecular formula is C12H15FN4O. The average Bonchev–Trinajstić information content (AvgIpc) is 2.83. The third-order valence-corrected chi connectivity index (χ3v) is 2.41. The number of halogens is 1. The quantitative estimate of drug-likeness (QED) is 0.781. The summed E-state index contributed by atoms with van der Waals surface area (Å²) >= 11 is 0. The van der Waals surface area contributed by atoms with Crippen LogP contribution in [0.25, 0.3) is 5.69 Å². The molecule has 1 N–H and O–H groups in total. The van der Waals surface area contributed by atoms with Crippen LogP contribution in [0.1, 0.15) is 5.69 Å². The van der Waals surface area contributed by atoms with E-state index in [0.717, 1.165) is 12.2 Å². The van der Waals surface area contributed by atoms with Crippen molar-refractivity contribution in [2.75, 3.05) is 20.3 Å². The zero-order chi connectivity index (χ0) is 12.8. The topological polar surface area (TPSA) is 52.0 Å². The molecule has 0 aliphatic rings. The molecule has 0 amide bonds. The lowest BCUT2D eigenvalue weighted by atomic mass is 10.4. The summed E-state index contributed by atoms with van der Waals surface area (Å²) in [5.74, 6) is -0.360. The third-order valence-electron chi connectivity index (χ3n) is 2.41. The van der Waals surface area contributed by atoms with Gasteiger partial charge in [0.1, 0.15) is 5.82 Å². The highest BCUT2D eigenvalue weighted by Gasteiger charge is 2.02. The zero-order valence-electron chi connectivity index (χ0n) is 10.1. The normalized spacial score (nSPS) is 10.8. The number of methoxy groups -OCH3 is 1. The van der Waals surface area contributed by atoms with Gasteiger partial charge in [0.15, 0.2) is 0 Å². The van der Waals surface area contributed by atoms with Crippen molar-refractivity contribution in [2.45, 2.75) is 6.54 Å². The lowest BCUT2D eigenvalue weighted by molar-refractivity contribution is 0.199. The molecule has 2 aromatic rings. The van der Waals surface area contributed by atoms with E-state index in [1.807, 2.05) is 6.20 Å². The van der Waals surface area contributed by atoms with Gasteiger partial charge in [0.25, 0.3) is 0 Å². The number of hydrogen-bond acceptors (Lipinski definition) is 4. The van der Waals surface area contributed by atoms with Crippen molar-refractivity contribution in [3.8, 4) is 5.69 Å². The second kappa shape index (κ2) is 6.23. The van der Waals surface area contributed by atoms with Gasteiger partial charge in [-0.1, -0.05) is 0 Å². The molecule has 0 saturated carbocycles. The van der Waals surface area contributed by atoms with Crippen LogP contribution in [0.3, 0.4) is 0 Å². The lowest BCUT2D eigenvalue weighted by Gasteiger charge is -2.01. The van der Waals surface area contributed by atoms with Gasteiger partial charge >= 0.3 is 0 Å². The Bertz CT molecular complexity index is 500. The molecule has 0 spiro atoms. The predicted octanol–water partition coefficient (Wildman–Crippen LogP) is 1.14. The molecule has 0 fully saturated rings. The summed E-state index contributed by atoms with van der Waals surface area (Å²) in [6, 6.07) is 1.41. The Morgan fingerprint density at radius 2 is 2.33 bits per heavy atom. The van der Waals surface area contributed by atoms with E-state index in [-0.39, 0.29) is 5.82 Å². The Labute approximate surface area is 105 Å². The fourth-order valence-corrected chi connectivity index (χ4v) is 1.53. The summed E-state index contributed by atoms with van der Waals surface area (Å²) in [7, 11) is 1.66. The van der Waals surface area contributed by atoms with Gasteiger partial charge in [-0.15, -0.1) is 0 Å². The minimum Gasteiger partial charge on any atom is -0.383 e. The molecule has 0 aliphatic heterocycles. The molecular weight excluding hydrogens is 235 g/mol. The smallest absolute Gasteiger partial charge is 0.143 e. The molecule has 0 aliphatic carbocycles. The van der Waals surface area contributed by atoms with Crippen LogP contribution < -0.4 is 5.32 Å². The zero-order valence-corrected chi connectivity index (χ0v) is 10.1. The predicted molar refractivity (Wildman–Crippen MR) is 64.9 cm³/mol. The van der Waals surface area contributed by atoms with Gasteiger partial charge < -0.3 is 14.6 Å². The van der Waals surface area contributed by atoms with E-state index in [0.29, 0.717) is 18.8 Å². The molecule has 0 saturated heterocycles. The summed E-state index contributed by atoms with van der Waals surface area (Å²) in [5.41, 5.74) is 1.54. The Balaban J connectivity index is 1.97. The molecule has 96 valence electrons. The van der Waals surface area contributed by atoms with E-state index in [1.54, 1.807) is 24.2 Å². The molecule has 0 aromatic carbocycles.